The molecular weight excluding hydrogens is 212 g/mol. The molecule has 1 aromatic heterocycles. The Kier molecular flexibility index (Phi) is 5.42. The fourth-order valence-electron chi connectivity index (χ4n) is 2.44. The van der Waals surface area contributed by atoms with Crippen LogP contribution in [-0.2, 0) is 0 Å². The number of hydrogen-bond acceptors (Lipinski definition) is 3. The first-order chi connectivity index (χ1) is 8.10. The van der Waals surface area contributed by atoms with Gasteiger partial charge in [-0.2, -0.15) is 0 Å². The summed E-state index contributed by atoms with van der Waals surface area (Å²) >= 11 is 0. The number of ether oxygens (including phenoxy) is 1. The number of methoxy groups -OCH3 is 1. The molecule has 0 saturated carbocycles. The second-order valence-corrected chi connectivity index (χ2v) is 4.75. The Balaban J connectivity index is 2.96. The Morgan fingerprint density at radius 1 is 1.35 bits per heavy atom. The predicted molar refractivity (Wildman–Crippen MR) is 71.5 cm³/mol. The Hall–Kier alpha value is -1.09. The molecule has 3 heteroatoms. The van der Waals surface area contributed by atoms with Gasteiger partial charge in [0.15, 0.2) is 0 Å². The number of nitrogens with one attached hydrogen (secondary N) is 1. The van der Waals surface area contributed by atoms with Gasteiger partial charge in [-0.3, -0.25) is 0 Å². The van der Waals surface area contributed by atoms with Crippen LogP contribution in [0.1, 0.15) is 39.2 Å². The minimum Gasteiger partial charge on any atom is -0.481 e. The van der Waals surface area contributed by atoms with Gasteiger partial charge < -0.3 is 10.1 Å². The molecule has 0 aliphatic rings. The standard InChI is InChI=1S/C14H24N2O/c1-6-15-11(4)14(10(2)3)12-7-8-16-13(9-12)17-5/h7-11,14-15H,6H2,1-5H3. The van der Waals surface area contributed by atoms with Crippen molar-refractivity contribution in [2.75, 3.05) is 13.7 Å². The first kappa shape index (κ1) is 14.0. The van der Waals surface area contributed by atoms with Gasteiger partial charge in [-0.25, -0.2) is 4.98 Å². The molecule has 1 aromatic rings. The third-order valence-corrected chi connectivity index (χ3v) is 3.14. The van der Waals surface area contributed by atoms with Crippen LogP contribution in [-0.4, -0.2) is 24.7 Å². The average Bonchev–Trinajstić information content (AvgIpc) is 2.29. The van der Waals surface area contributed by atoms with Crippen LogP contribution in [0.15, 0.2) is 18.3 Å². The van der Waals surface area contributed by atoms with E-state index in [1.165, 1.54) is 5.56 Å². The monoisotopic (exact) mass is 236 g/mol. The lowest BCUT2D eigenvalue weighted by atomic mass is 9.83. The predicted octanol–water partition coefficient (Wildman–Crippen LogP) is 2.83. The summed E-state index contributed by atoms with van der Waals surface area (Å²) in [5, 5.41) is 3.50. The summed E-state index contributed by atoms with van der Waals surface area (Å²) in [5.41, 5.74) is 1.29. The summed E-state index contributed by atoms with van der Waals surface area (Å²) in [6.45, 7) is 9.88. The first-order valence-electron chi connectivity index (χ1n) is 6.33. The van der Waals surface area contributed by atoms with E-state index < -0.39 is 0 Å². The molecule has 1 N–H and O–H groups in total. The van der Waals surface area contributed by atoms with Crippen molar-refractivity contribution in [2.45, 2.75) is 39.7 Å². The second kappa shape index (κ2) is 6.60. The molecule has 2 atom stereocenters. The highest BCUT2D eigenvalue weighted by atomic mass is 16.5. The molecule has 0 bridgehead atoms. The van der Waals surface area contributed by atoms with Gasteiger partial charge in [-0.15, -0.1) is 0 Å². The molecule has 1 heterocycles. The van der Waals surface area contributed by atoms with Crippen molar-refractivity contribution in [3.8, 4) is 5.88 Å². The molecule has 2 unspecified atom stereocenters. The number of rotatable bonds is 6. The number of hydrogen-bond donors (Lipinski definition) is 1. The lowest BCUT2D eigenvalue weighted by Crippen LogP contribution is -2.34. The molecule has 0 aliphatic heterocycles. The Morgan fingerprint density at radius 3 is 2.59 bits per heavy atom. The van der Waals surface area contributed by atoms with Crippen LogP contribution in [0.3, 0.4) is 0 Å². The van der Waals surface area contributed by atoms with Gasteiger partial charge >= 0.3 is 0 Å². The first-order valence-corrected chi connectivity index (χ1v) is 6.33. The summed E-state index contributed by atoms with van der Waals surface area (Å²) in [7, 11) is 1.66. The second-order valence-electron chi connectivity index (χ2n) is 4.75. The fraction of sp³-hybridized carbons (Fsp3) is 0.643. The van der Waals surface area contributed by atoms with Crippen LogP contribution >= 0.6 is 0 Å². The molecule has 96 valence electrons. The number of likely N-dealkylation sites (N-methyl/N-ethyl adjacent to an activating group) is 1. The van der Waals surface area contributed by atoms with E-state index in [0.29, 0.717) is 23.8 Å². The number of pyridine rings is 1. The summed E-state index contributed by atoms with van der Waals surface area (Å²) in [4.78, 5) is 4.16. The maximum atomic E-state index is 5.19. The van der Waals surface area contributed by atoms with E-state index in [1.54, 1.807) is 7.11 Å². The number of nitrogens with zero attached hydrogens (tertiary/aromatic N) is 1. The van der Waals surface area contributed by atoms with Crippen molar-refractivity contribution in [3.05, 3.63) is 23.9 Å². The van der Waals surface area contributed by atoms with Crippen LogP contribution in [0.25, 0.3) is 0 Å². The summed E-state index contributed by atoms with van der Waals surface area (Å²) in [6.07, 6.45) is 1.82. The van der Waals surface area contributed by atoms with E-state index in [1.807, 2.05) is 12.3 Å². The molecule has 0 radical (unpaired) electrons. The maximum Gasteiger partial charge on any atom is 0.213 e. The van der Waals surface area contributed by atoms with Gasteiger partial charge in [0.05, 0.1) is 7.11 Å². The zero-order valence-electron chi connectivity index (χ0n) is 11.5. The van der Waals surface area contributed by atoms with Gasteiger partial charge in [0.1, 0.15) is 0 Å². The quantitative estimate of drug-likeness (QED) is 0.824. The molecule has 3 nitrogen and oxygen atoms in total. The van der Waals surface area contributed by atoms with Gasteiger partial charge in [0.2, 0.25) is 5.88 Å². The third kappa shape index (κ3) is 3.70. The molecule has 0 aromatic carbocycles. The van der Waals surface area contributed by atoms with Gasteiger partial charge in [0.25, 0.3) is 0 Å². The van der Waals surface area contributed by atoms with E-state index in [4.69, 9.17) is 4.74 Å². The van der Waals surface area contributed by atoms with Crippen molar-refractivity contribution in [2.24, 2.45) is 5.92 Å². The molecule has 0 aliphatic carbocycles. The van der Waals surface area contributed by atoms with Crippen molar-refractivity contribution >= 4 is 0 Å². The van der Waals surface area contributed by atoms with E-state index in [2.05, 4.69) is 44.1 Å². The van der Waals surface area contributed by atoms with Crippen molar-refractivity contribution in [3.63, 3.8) is 0 Å². The highest BCUT2D eigenvalue weighted by Gasteiger charge is 2.22. The van der Waals surface area contributed by atoms with Crippen LogP contribution in [0.4, 0.5) is 0 Å². The van der Waals surface area contributed by atoms with E-state index in [-0.39, 0.29) is 0 Å². The smallest absolute Gasteiger partial charge is 0.213 e. The highest BCUT2D eigenvalue weighted by molar-refractivity contribution is 5.25. The van der Waals surface area contributed by atoms with Crippen molar-refractivity contribution in [1.29, 1.82) is 0 Å². The highest BCUT2D eigenvalue weighted by Crippen LogP contribution is 2.29. The van der Waals surface area contributed by atoms with Crippen molar-refractivity contribution in [1.82, 2.24) is 10.3 Å². The Labute approximate surface area is 105 Å². The lowest BCUT2D eigenvalue weighted by molar-refractivity contribution is 0.374. The minimum absolute atomic E-state index is 0.451. The Morgan fingerprint density at radius 2 is 2.06 bits per heavy atom. The molecule has 0 spiro atoms. The van der Waals surface area contributed by atoms with Crippen LogP contribution < -0.4 is 10.1 Å². The van der Waals surface area contributed by atoms with E-state index >= 15 is 0 Å². The molecule has 0 saturated heterocycles. The summed E-state index contributed by atoms with van der Waals surface area (Å²) in [6, 6.07) is 4.58. The van der Waals surface area contributed by atoms with E-state index in [0.717, 1.165) is 6.54 Å². The molecule has 1 rings (SSSR count). The molecular formula is C14H24N2O. The summed E-state index contributed by atoms with van der Waals surface area (Å²) in [5.74, 6) is 1.75. The molecule has 17 heavy (non-hydrogen) atoms. The van der Waals surface area contributed by atoms with E-state index in [9.17, 15) is 0 Å². The average molecular weight is 236 g/mol. The summed E-state index contributed by atoms with van der Waals surface area (Å²) < 4.78 is 5.19. The normalized spacial score (nSPS) is 14.7. The van der Waals surface area contributed by atoms with Crippen LogP contribution in [0.2, 0.25) is 0 Å². The van der Waals surface area contributed by atoms with Gasteiger partial charge in [-0.05, 0) is 31.0 Å². The SMILES string of the molecule is CCNC(C)C(c1ccnc(OC)c1)C(C)C. The minimum atomic E-state index is 0.451. The van der Waals surface area contributed by atoms with Crippen LogP contribution in [0.5, 0.6) is 5.88 Å². The fourth-order valence-corrected chi connectivity index (χ4v) is 2.44. The van der Waals surface area contributed by atoms with Gasteiger partial charge in [-0.1, -0.05) is 20.8 Å². The molecule has 0 amide bonds. The van der Waals surface area contributed by atoms with Gasteiger partial charge in [0, 0.05) is 24.2 Å². The van der Waals surface area contributed by atoms with Crippen molar-refractivity contribution < 1.29 is 4.74 Å². The zero-order valence-corrected chi connectivity index (χ0v) is 11.5. The topological polar surface area (TPSA) is 34.2 Å². The lowest BCUT2D eigenvalue weighted by Gasteiger charge is -2.28. The maximum absolute atomic E-state index is 5.19. The Bertz CT molecular complexity index is 339. The molecule has 0 fully saturated rings. The largest absolute Gasteiger partial charge is 0.481 e. The zero-order chi connectivity index (χ0) is 12.8. The third-order valence-electron chi connectivity index (χ3n) is 3.14. The van der Waals surface area contributed by atoms with Crippen LogP contribution in [0, 0.1) is 5.92 Å². The number of aromatic nitrogens is 1.